The van der Waals surface area contributed by atoms with Gasteiger partial charge in [0.05, 0.1) is 15.6 Å². The highest BCUT2D eigenvalue weighted by molar-refractivity contribution is 6.39. The lowest BCUT2D eigenvalue weighted by molar-refractivity contribution is 0.628. The first-order valence-corrected chi connectivity index (χ1v) is 6.17. The van der Waals surface area contributed by atoms with E-state index in [9.17, 15) is 4.39 Å². The zero-order valence-corrected chi connectivity index (χ0v) is 11.1. The summed E-state index contributed by atoms with van der Waals surface area (Å²) >= 11 is 12.1. The van der Waals surface area contributed by atoms with Gasteiger partial charge in [-0.05, 0) is 30.5 Å². The predicted molar refractivity (Wildman–Crippen MR) is 70.3 cm³/mol. The van der Waals surface area contributed by atoms with Crippen LogP contribution >= 0.6 is 23.2 Å². The molecule has 0 saturated heterocycles. The lowest BCUT2D eigenvalue weighted by Gasteiger charge is -2.08. The van der Waals surface area contributed by atoms with Crippen molar-refractivity contribution in [3.8, 4) is 0 Å². The maximum Gasteiger partial charge on any atom is 0.125 e. The molecule has 0 N–H and O–H groups in total. The van der Waals surface area contributed by atoms with Crippen molar-refractivity contribution in [1.82, 2.24) is 4.98 Å². The van der Waals surface area contributed by atoms with E-state index in [4.69, 9.17) is 23.2 Å². The lowest BCUT2D eigenvalue weighted by Crippen LogP contribution is -1.98. The van der Waals surface area contributed by atoms with Crippen LogP contribution in [0.4, 0.5) is 4.39 Å². The largest absolute Gasteiger partial charge is 0.251 e. The van der Waals surface area contributed by atoms with Gasteiger partial charge < -0.3 is 0 Å². The van der Waals surface area contributed by atoms with E-state index in [1.807, 2.05) is 0 Å². The molecule has 17 heavy (non-hydrogen) atoms. The molecule has 0 aliphatic rings. The van der Waals surface area contributed by atoms with E-state index in [2.05, 4.69) is 18.8 Å². The minimum atomic E-state index is -0.400. The molecule has 0 bridgehead atoms. The number of fused-ring (bicyclic) bond motifs is 1. The van der Waals surface area contributed by atoms with Gasteiger partial charge in [-0.25, -0.2) is 4.39 Å². The van der Waals surface area contributed by atoms with Gasteiger partial charge in [0.15, 0.2) is 0 Å². The molecule has 0 fully saturated rings. The Balaban J connectivity index is 2.64. The first-order chi connectivity index (χ1) is 7.97. The normalized spacial score (nSPS) is 11.4. The van der Waals surface area contributed by atoms with Gasteiger partial charge in [0.1, 0.15) is 5.82 Å². The average Bonchev–Trinajstić information content (AvgIpc) is 2.19. The van der Waals surface area contributed by atoms with Gasteiger partial charge in [0.2, 0.25) is 0 Å². The third kappa shape index (κ3) is 2.70. The van der Waals surface area contributed by atoms with E-state index in [1.165, 1.54) is 12.1 Å². The first-order valence-electron chi connectivity index (χ1n) is 5.41. The molecule has 1 heterocycles. The van der Waals surface area contributed by atoms with E-state index in [0.29, 0.717) is 26.9 Å². The molecule has 0 amide bonds. The molecule has 1 aromatic heterocycles. The van der Waals surface area contributed by atoms with Crippen LogP contribution in [0.5, 0.6) is 0 Å². The van der Waals surface area contributed by atoms with E-state index < -0.39 is 5.82 Å². The van der Waals surface area contributed by atoms with Gasteiger partial charge in [-0.2, -0.15) is 0 Å². The number of halogens is 3. The third-order valence-corrected chi connectivity index (χ3v) is 3.05. The van der Waals surface area contributed by atoms with Crippen molar-refractivity contribution in [3.63, 3.8) is 0 Å². The van der Waals surface area contributed by atoms with Crippen molar-refractivity contribution in [1.29, 1.82) is 0 Å². The molecular formula is C13H12Cl2FN. The highest BCUT2D eigenvalue weighted by Crippen LogP contribution is 2.30. The number of hydrogen-bond donors (Lipinski definition) is 0. The van der Waals surface area contributed by atoms with Crippen molar-refractivity contribution in [2.24, 2.45) is 5.92 Å². The van der Waals surface area contributed by atoms with Crippen LogP contribution in [0.3, 0.4) is 0 Å². The molecule has 0 spiro atoms. The fourth-order valence-electron chi connectivity index (χ4n) is 1.78. The second-order valence-electron chi connectivity index (χ2n) is 4.48. The summed E-state index contributed by atoms with van der Waals surface area (Å²) in [4.78, 5) is 4.43. The standard InChI is InChI=1S/C13H12Cl2FN/c1-7(2)3-9-6-11(14)10-4-8(16)5-12(15)13(10)17-9/h4-7H,3H2,1-2H3. The number of benzene rings is 1. The Morgan fingerprint density at radius 3 is 2.53 bits per heavy atom. The number of aromatic nitrogens is 1. The summed E-state index contributed by atoms with van der Waals surface area (Å²) < 4.78 is 13.2. The number of pyridine rings is 1. The SMILES string of the molecule is CC(C)Cc1cc(Cl)c2cc(F)cc(Cl)c2n1. The minimum Gasteiger partial charge on any atom is -0.251 e. The Labute approximate surface area is 110 Å². The molecule has 2 aromatic rings. The fourth-order valence-corrected chi connectivity index (χ4v) is 2.30. The quantitative estimate of drug-likeness (QED) is 0.759. The summed E-state index contributed by atoms with van der Waals surface area (Å²) in [6.45, 7) is 4.21. The average molecular weight is 272 g/mol. The van der Waals surface area contributed by atoms with Crippen molar-refractivity contribution in [3.05, 3.63) is 39.8 Å². The smallest absolute Gasteiger partial charge is 0.125 e. The minimum absolute atomic E-state index is 0.299. The van der Waals surface area contributed by atoms with Crippen LogP contribution in [-0.4, -0.2) is 4.98 Å². The maximum atomic E-state index is 13.2. The molecule has 0 radical (unpaired) electrons. The van der Waals surface area contributed by atoms with Crippen LogP contribution in [0, 0.1) is 11.7 Å². The van der Waals surface area contributed by atoms with Gasteiger partial charge in [0.25, 0.3) is 0 Å². The summed E-state index contributed by atoms with van der Waals surface area (Å²) in [7, 11) is 0. The van der Waals surface area contributed by atoms with Gasteiger partial charge in [-0.15, -0.1) is 0 Å². The molecule has 0 saturated carbocycles. The molecule has 1 aromatic carbocycles. The first kappa shape index (κ1) is 12.6. The molecule has 0 aliphatic heterocycles. The van der Waals surface area contributed by atoms with Gasteiger partial charge in [-0.1, -0.05) is 37.0 Å². The van der Waals surface area contributed by atoms with Gasteiger partial charge >= 0.3 is 0 Å². The highest BCUT2D eigenvalue weighted by Gasteiger charge is 2.10. The number of hydrogen-bond acceptors (Lipinski definition) is 1. The Bertz CT molecular complexity index is 567. The summed E-state index contributed by atoms with van der Waals surface area (Å²) in [5.74, 6) is 0.0815. The zero-order valence-electron chi connectivity index (χ0n) is 9.60. The monoisotopic (exact) mass is 271 g/mol. The molecular weight excluding hydrogens is 260 g/mol. The Morgan fingerprint density at radius 1 is 1.18 bits per heavy atom. The Hall–Kier alpha value is -0.860. The molecule has 0 atom stereocenters. The van der Waals surface area contributed by atoms with Gasteiger partial charge in [0, 0.05) is 11.1 Å². The molecule has 90 valence electrons. The molecule has 1 nitrogen and oxygen atoms in total. The number of rotatable bonds is 2. The molecule has 0 aliphatic carbocycles. The van der Waals surface area contributed by atoms with Crippen LogP contribution in [0.25, 0.3) is 10.9 Å². The summed E-state index contributed by atoms with van der Waals surface area (Å²) in [5.41, 5.74) is 1.45. The Morgan fingerprint density at radius 2 is 1.88 bits per heavy atom. The van der Waals surface area contributed by atoms with Crippen LogP contribution < -0.4 is 0 Å². The molecule has 4 heteroatoms. The fraction of sp³-hybridized carbons (Fsp3) is 0.308. The zero-order chi connectivity index (χ0) is 12.6. The topological polar surface area (TPSA) is 12.9 Å². The van der Waals surface area contributed by atoms with Gasteiger partial charge in [-0.3, -0.25) is 4.98 Å². The van der Waals surface area contributed by atoms with Crippen molar-refractivity contribution >= 4 is 34.1 Å². The Kier molecular flexibility index (Phi) is 3.55. The molecule has 2 rings (SSSR count). The second kappa shape index (κ2) is 4.79. The van der Waals surface area contributed by atoms with Crippen LogP contribution in [0.2, 0.25) is 10.0 Å². The van der Waals surface area contributed by atoms with E-state index >= 15 is 0 Å². The van der Waals surface area contributed by atoms with Crippen LogP contribution in [-0.2, 0) is 6.42 Å². The van der Waals surface area contributed by atoms with E-state index in [-0.39, 0.29) is 0 Å². The third-order valence-electron chi connectivity index (χ3n) is 2.45. The summed E-state index contributed by atoms with van der Waals surface area (Å²) in [5, 5.41) is 1.35. The summed E-state index contributed by atoms with van der Waals surface area (Å²) in [6.07, 6.45) is 0.823. The lowest BCUT2D eigenvalue weighted by atomic mass is 10.1. The predicted octanol–water partition coefficient (Wildman–Crippen LogP) is 4.88. The van der Waals surface area contributed by atoms with Crippen molar-refractivity contribution < 1.29 is 4.39 Å². The number of nitrogens with zero attached hydrogens (tertiary/aromatic N) is 1. The highest BCUT2D eigenvalue weighted by atomic mass is 35.5. The van der Waals surface area contributed by atoms with Crippen LogP contribution in [0.15, 0.2) is 18.2 Å². The van der Waals surface area contributed by atoms with Crippen LogP contribution in [0.1, 0.15) is 19.5 Å². The van der Waals surface area contributed by atoms with Crippen molar-refractivity contribution in [2.45, 2.75) is 20.3 Å². The van der Waals surface area contributed by atoms with E-state index in [0.717, 1.165) is 12.1 Å². The van der Waals surface area contributed by atoms with E-state index in [1.54, 1.807) is 6.07 Å². The maximum absolute atomic E-state index is 13.2. The summed E-state index contributed by atoms with van der Waals surface area (Å²) in [6, 6.07) is 4.39. The second-order valence-corrected chi connectivity index (χ2v) is 5.29. The van der Waals surface area contributed by atoms with Crippen molar-refractivity contribution in [2.75, 3.05) is 0 Å². The molecule has 0 unspecified atom stereocenters.